The van der Waals surface area contributed by atoms with Crippen molar-refractivity contribution in [3.63, 3.8) is 0 Å². The average molecular weight is 375 g/mol. The number of amides is 3. The fourth-order valence-corrected chi connectivity index (χ4v) is 3.80. The lowest BCUT2D eigenvalue weighted by molar-refractivity contribution is -0.127. The van der Waals surface area contributed by atoms with Crippen LogP contribution in [0.25, 0.3) is 11.0 Å². The molecule has 1 aromatic carbocycles. The Hall–Kier alpha value is -2.22. The highest BCUT2D eigenvalue weighted by atomic mass is 32.2. The van der Waals surface area contributed by atoms with Crippen LogP contribution in [-0.2, 0) is 4.79 Å². The van der Waals surface area contributed by atoms with Gasteiger partial charge in [0.1, 0.15) is 5.82 Å². The largest absolute Gasteiger partial charge is 0.351 e. The number of para-hydroxylation sites is 2. The first-order valence-corrected chi connectivity index (χ1v) is 10.3. The number of piperidine rings is 1. The first-order chi connectivity index (χ1) is 12.6. The number of likely N-dealkylation sites (tertiary alicyclic amines) is 1. The maximum absolute atomic E-state index is 12.8. The van der Waals surface area contributed by atoms with Crippen molar-refractivity contribution in [2.24, 2.45) is 11.7 Å². The van der Waals surface area contributed by atoms with E-state index >= 15 is 0 Å². The number of rotatable bonds is 6. The predicted molar refractivity (Wildman–Crippen MR) is 104 cm³/mol. The number of hydrogen-bond donors (Lipinski definition) is 3. The number of urea groups is 1. The van der Waals surface area contributed by atoms with Gasteiger partial charge in [0.05, 0.1) is 23.0 Å². The van der Waals surface area contributed by atoms with Crippen LogP contribution >= 0.6 is 11.8 Å². The Morgan fingerprint density at radius 1 is 1.46 bits per heavy atom. The van der Waals surface area contributed by atoms with Crippen molar-refractivity contribution in [2.45, 2.75) is 25.3 Å². The summed E-state index contributed by atoms with van der Waals surface area (Å²) in [6, 6.07) is 7.20. The smallest absolute Gasteiger partial charge is 0.314 e. The van der Waals surface area contributed by atoms with E-state index in [4.69, 9.17) is 5.73 Å². The quantitative estimate of drug-likeness (QED) is 0.720. The molecule has 7 nitrogen and oxygen atoms in total. The number of carbonyl (C=O) groups is 2. The van der Waals surface area contributed by atoms with Gasteiger partial charge >= 0.3 is 6.03 Å². The summed E-state index contributed by atoms with van der Waals surface area (Å²) in [5, 5.41) is 3.13. The SMILES string of the molecule is CSCC[C@H](NC(=O)[C@@H]1CCCN(C(N)=O)C1)c1nc2ccccc2[nH]1. The summed E-state index contributed by atoms with van der Waals surface area (Å²) < 4.78 is 0. The second-order valence-corrected chi connectivity index (χ2v) is 7.59. The normalized spacial score (nSPS) is 18.7. The van der Waals surface area contributed by atoms with Gasteiger partial charge in [-0.05, 0) is 43.4 Å². The number of benzene rings is 1. The van der Waals surface area contributed by atoms with Crippen molar-refractivity contribution in [3.8, 4) is 0 Å². The minimum absolute atomic E-state index is 0.0393. The first-order valence-electron chi connectivity index (χ1n) is 8.87. The van der Waals surface area contributed by atoms with Gasteiger partial charge in [-0.15, -0.1) is 0 Å². The van der Waals surface area contributed by atoms with Crippen molar-refractivity contribution in [1.29, 1.82) is 0 Å². The minimum Gasteiger partial charge on any atom is -0.351 e. The maximum atomic E-state index is 12.8. The third kappa shape index (κ3) is 4.30. The number of thioether (sulfide) groups is 1. The molecular weight excluding hydrogens is 350 g/mol. The van der Waals surface area contributed by atoms with Gasteiger partial charge in [-0.1, -0.05) is 12.1 Å². The average Bonchev–Trinajstić information content (AvgIpc) is 3.09. The van der Waals surface area contributed by atoms with Crippen molar-refractivity contribution >= 4 is 34.7 Å². The van der Waals surface area contributed by atoms with E-state index in [2.05, 4.69) is 15.3 Å². The number of carbonyl (C=O) groups excluding carboxylic acids is 2. The van der Waals surface area contributed by atoms with Crippen LogP contribution in [0.1, 0.15) is 31.1 Å². The van der Waals surface area contributed by atoms with Crippen LogP contribution in [0.3, 0.4) is 0 Å². The Morgan fingerprint density at radius 3 is 3.00 bits per heavy atom. The number of primary amides is 1. The number of H-pyrrole nitrogens is 1. The zero-order valence-corrected chi connectivity index (χ0v) is 15.7. The third-order valence-electron chi connectivity index (χ3n) is 4.77. The van der Waals surface area contributed by atoms with Crippen molar-refractivity contribution < 1.29 is 9.59 Å². The van der Waals surface area contributed by atoms with Crippen molar-refractivity contribution in [2.75, 3.05) is 25.1 Å². The van der Waals surface area contributed by atoms with Crippen LogP contribution in [0.4, 0.5) is 4.79 Å². The van der Waals surface area contributed by atoms with Gasteiger partial charge in [0.15, 0.2) is 0 Å². The maximum Gasteiger partial charge on any atom is 0.314 e. The molecular formula is C18H25N5O2S. The van der Waals surface area contributed by atoms with Crippen LogP contribution in [0.2, 0.25) is 0 Å². The Kier molecular flexibility index (Phi) is 6.03. The van der Waals surface area contributed by atoms with Crippen LogP contribution in [0.5, 0.6) is 0 Å². The molecule has 0 bridgehead atoms. The molecule has 1 aliphatic rings. The lowest BCUT2D eigenvalue weighted by Crippen LogP contribution is -2.47. The van der Waals surface area contributed by atoms with Gasteiger partial charge in [-0.25, -0.2) is 9.78 Å². The molecule has 3 rings (SSSR count). The molecule has 4 N–H and O–H groups in total. The van der Waals surface area contributed by atoms with E-state index in [9.17, 15) is 9.59 Å². The molecule has 1 aliphatic heterocycles. The highest BCUT2D eigenvalue weighted by Crippen LogP contribution is 2.22. The Balaban J connectivity index is 1.73. The number of hydrogen-bond acceptors (Lipinski definition) is 4. The van der Waals surface area contributed by atoms with E-state index in [0.29, 0.717) is 13.1 Å². The number of aromatic amines is 1. The number of nitrogens with zero attached hydrogens (tertiary/aromatic N) is 2. The first kappa shape index (κ1) is 18.6. The number of nitrogens with one attached hydrogen (secondary N) is 2. The third-order valence-corrected chi connectivity index (χ3v) is 5.41. The lowest BCUT2D eigenvalue weighted by Gasteiger charge is -2.31. The van der Waals surface area contributed by atoms with E-state index in [1.807, 2.05) is 30.5 Å². The molecule has 1 aromatic heterocycles. The summed E-state index contributed by atoms with van der Waals surface area (Å²) in [6.07, 6.45) is 4.40. The monoisotopic (exact) mass is 375 g/mol. The molecule has 0 unspecified atom stereocenters. The standard InChI is InChI=1S/C18H25N5O2S/c1-26-10-8-15(16-20-13-6-2-3-7-14(13)21-16)22-17(24)12-5-4-9-23(11-12)18(19)25/h2-3,6-7,12,15H,4-5,8-11H2,1H3,(H2,19,25)(H,20,21)(H,22,24)/t12-,15+/m1/s1. The van der Waals surface area contributed by atoms with Gasteiger partial charge in [-0.3, -0.25) is 4.79 Å². The van der Waals surface area contributed by atoms with Gasteiger partial charge in [0, 0.05) is 13.1 Å². The fraction of sp³-hybridized carbons (Fsp3) is 0.500. The van der Waals surface area contributed by atoms with Gasteiger partial charge in [0.25, 0.3) is 0 Å². The van der Waals surface area contributed by atoms with Crippen LogP contribution in [-0.4, -0.2) is 51.9 Å². The molecule has 8 heteroatoms. The number of fused-ring (bicyclic) bond motifs is 1. The summed E-state index contributed by atoms with van der Waals surface area (Å²) in [7, 11) is 0. The molecule has 0 aliphatic carbocycles. The Bertz CT molecular complexity index is 745. The lowest BCUT2D eigenvalue weighted by atomic mass is 9.97. The van der Waals surface area contributed by atoms with E-state index < -0.39 is 6.03 Å². The van der Waals surface area contributed by atoms with E-state index in [0.717, 1.165) is 41.9 Å². The van der Waals surface area contributed by atoms with Gasteiger partial charge in [0.2, 0.25) is 5.91 Å². The molecule has 0 spiro atoms. The summed E-state index contributed by atoms with van der Waals surface area (Å²) in [6.45, 7) is 1.01. The minimum atomic E-state index is -0.460. The second kappa shape index (κ2) is 8.44. The number of nitrogens with two attached hydrogens (primary N) is 1. The molecule has 2 atom stereocenters. The zero-order valence-electron chi connectivity index (χ0n) is 14.9. The van der Waals surface area contributed by atoms with Gasteiger partial charge in [-0.2, -0.15) is 11.8 Å². The highest BCUT2D eigenvalue weighted by Gasteiger charge is 2.29. The molecule has 0 saturated carbocycles. The molecule has 1 saturated heterocycles. The Morgan fingerprint density at radius 2 is 2.27 bits per heavy atom. The summed E-state index contributed by atoms with van der Waals surface area (Å²) in [4.78, 5) is 33.7. The molecule has 1 fully saturated rings. The summed E-state index contributed by atoms with van der Waals surface area (Å²) in [5.74, 6) is 1.43. The molecule has 140 valence electrons. The van der Waals surface area contributed by atoms with Crippen LogP contribution < -0.4 is 11.1 Å². The second-order valence-electron chi connectivity index (χ2n) is 6.61. The molecule has 26 heavy (non-hydrogen) atoms. The number of aromatic nitrogens is 2. The van der Waals surface area contributed by atoms with Crippen molar-refractivity contribution in [3.05, 3.63) is 30.1 Å². The topological polar surface area (TPSA) is 104 Å². The van der Waals surface area contributed by atoms with Crippen molar-refractivity contribution in [1.82, 2.24) is 20.2 Å². The highest BCUT2D eigenvalue weighted by molar-refractivity contribution is 7.98. The molecule has 3 amide bonds. The zero-order chi connectivity index (χ0) is 18.5. The van der Waals surface area contributed by atoms with Gasteiger partial charge < -0.3 is 20.9 Å². The molecule has 2 aromatic rings. The van der Waals surface area contributed by atoms with Crippen LogP contribution in [0.15, 0.2) is 24.3 Å². The summed E-state index contributed by atoms with van der Waals surface area (Å²) in [5.41, 5.74) is 7.22. The number of imidazole rings is 1. The molecule has 0 radical (unpaired) electrons. The predicted octanol–water partition coefficient (Wildman–Crippen LogP) is 2.26. The van der Waals surface area contributed by atoms with E-state index in [1.165, 1.54) is 0 Å². The van der Waals surface area contributed by atoms with E-state index in [-0.39, 0.29) is 17.9 Å². The Labute approximate surface area is 157 Å². The van der Waals surface area contributed by atoms with E-state index in [1.54, 1.807) is 16.7 Å². The fourth-order valence-electron chi connectivity index (χ4n) is 3.33. The van der Waals surface area contributed by atoms with Crippen LogP contribution in [0, 0.1) is 5.92 Å². The summed E-state index contributed by atoms with van der Waals surface area (Å²) >= 11 is 1.74. The molecule has 2 heterocycles.